The quantitative estimate of drug-likeness (QED) is 0.120. The molecule has 306 valence electrons. The standard InChI is InChI=1S/C45H53B21N2/c46-25-18(26(47)34(55)41(62)33(25)54)13-9-12(10-14(11-13)19-27(48)35(56)42(63)36(57)28(19)49)17-20-22(31(52)39(60)37(58)29(20)50)24(23-21(17)30(51)38(59)40(61)32(23)53)44(7-3-4-8-44)68-16-6-2-1-5-15(16)67-43(68)45(64,65)66/h1-11H,46-66H2. The third-order valence-electron chi connectivity index (χ3n) is 18.0. The number of aromatic nitrogens is 2. The molecule has 0 atom stereocenters. The van der Waals surface area contributed by atoms with Crippen molar-refractivity contribution in [1.82, 2.24) is 9.55 Å². The van der Waals surface area contributed by atoms with Gasteiger partial charge in [-0.3, -0.25) is 0 Å². The zero-order valence-corrected chi connectivity index (χ0v) is 45.2. The van der Waals surface area contributed by atoms with Crippen molar-refractivity contribution in [2.45, 2.75) is 10.7 Å². The van der Waals surface area contributed by atoms with Crippen LogP contribution in [-0.2, 0) is 10.7 Å². The van der Waals surface area contributed by atoms with Crippen LogP contribution in [-0.4, -0.2) is 174 Å². The number of allylic oxidation sites excluding steroid dienone is 4. The number of para-hydroxylation sites is 2. The van der Waals surface area contributed by atoms with E-state index >= 15 is 0 Å². The highest BCUT2D eigenvalue weighted by atomic mass is 15.1. The fourth-order valence-corrected chi connectivity index (χ4v) is 12.5. The van der Waals surface area contributed by atoms with Crippen molar-refractivity contribution in [3.8, 4) is 33.4 Å². The summed E-state index contributed by atoms with van der Waals surface area (Å²) in [7, 11) is 49.2. The Balaban J connectivity index is 1.60. The van der Waals surface area contributed by atoms with Gasteiger partial charge in [0.2, 0.25) is 0 Å². The van der Waals surface area contributed by atoms with Crippen molar-refractivity contribution in [3.05, 3.63) is 78.2 Å². The van der Waals surface area contributed by atoms with Crippen LogP contribution in [0.4, 0.5) is 0 Å². The van der Waals surface area contributed by atoms with Crippen LogP contribution < -0.4 is 98.3 Å². The molecule has 0 saturated carbocycles. The molecule has 7 aromatic carbocycles. The molecule has 23 heteroatoms. The first-order chi connectivity index (χ1) is 31.9. The minimum absolute atomic E-state index is 0.237. The first kappa shape index (κ1) is 48.4. The van der Waals surface area contributed by atoms with E-state index in [1.807, 2.05) is 0 Å². The smallest absolute Gasteiger partial charge is 0.139 e. The fourth-order valence-electron chi connectivity index (χ4n) is 12.5. The average Bonchev–Trinajstić information content (AvgIpc) is 3.97. The van der Waals surface area contributed by atoms with Gasteiger partial charge in [-0.15, -0.1) is 54.6 Å². The molecule has 1 aromatic heterocycles. The number of benzene rings is 7. The predicted molar refractivity (Wildman–Crippen MR) is 367 cm³/mol. The van der Waals surface area contributed by atoms with Gasteiger partial charge in [0.05, 0.1) is 40.4 Å². The molecule has 0 fully saturated rings. The molecule has 0 unspecified atom stereocenters. The van der Waals surface area contributed by atoms with E-state index in [-0.39, 0.29) is 5.11 Å². The summed E-state index contributed by atoms with van der Waals surface area (Å²) in [5.41, 5.74) is 35.3. The molecule has 0 N–H and O–H groups in total. The van der Waals surface area contributed by atoms with Crippen molar-refractivity contribution in [2.75, 3.05) is 0 Å². The Labute approximate surface area is 424 Å². The molecule has 1 aliphatic carbocycles. The van der Waals surface area contributed by atoms with E-state index in [9.17, 15) is 0 Å². The first-order valence-corrected chi connectivity index (χ1v) is 25.0. The number of imidazole rings is 1. The van der Waals surface area contributed by atoms with Crippen molar-refractivity contribution in [1.29, 1.82) is 0 Å². The Morgan fingerprint density at radius 2 is 0.706 bits per heavy atom. The Hall–Kier alpha value is -4.63. The first-order valence-electron chi connectivity index (χ1n) is 25.0. The van der Waals surface area contributed by atoms with Crippen LogP contribution in [0.1, 0.15) is 11.4 Å². The number of hydrogen-bond donors (Lipinski definition) is 0. The van der Waals surface area contributed by atoms with Gasteiger partial charge in [0, 0.05) is 5.56 Å². The summed E-state index contributed by atoms with van der Waals surface area (Å²) in [6, 6.07) is 16.4. The molecule has 2 nitrogen and oxygen atoms in total. The molecule has 0 amide bonds. The molecular formula is C45H53B21N2. The van der Waals surface area contributed by atoms with E-state index in [1.165, 1.54) is 159 Å². The number of rotatable bonds is 6. The van der Waals surface area contributed by atoms with Crippen molar-refractivity contribution in [2.24, 2.45) is 0 Å². The summed E-state index contributed by atoms with van der Waals surface area (Å²) in [5.74, 6) is 1.08. The van der Waals surface area contributed by atoms with Crippen LogP contribution in [0.3, 0.4) is 0 Å². The van der Waals surface area contributed by atoms with E-state index in [2.05, 4.69) is 236 Å². The number of hydrogen-bond acceptors (Lipinski definition) is 1. The third kappa shape index (κ3) is 6.80. The zero-order valence-electron chi connectivity index (χ0n) is 45.2. The highest BCUT2D eigenvalue weighted by Gasteiger charge is 2.41. The Kier molecular flexibility index (Phi) is 11.9. The molecule has 68 heavy (non-hydrogen) atoms. The molecule has 1 aliphatic rings. The molecular weight excluding hydrogens is 796 g/mol. The Bertz CT molecular complexity index is 3420. The topological polar surface area (TPSA) is 17.8 Å². The summed E-state index contributed by atoms with van der Waals surface area (Å²) < 4.78 is 2.60. The van der Waals surface area contributed by atoms with Gasteiger partial charge in [0.15, 0.2) is 0 Å². The van der Waals surface area contributed by atoms with Gasteiger partial charge in [-0.1, -0.05) is 85.3 Å². The van der Waals surface area contributed by atoms with Crippen LogP contribution in [0.2, 0.25) is 0 Å². The highest BCUT2D eigenvalue weighted by Crippen LogP contribution is 2.47. The van der Waals surface area contributed by atoms with E-state index in [0.29, 0.717) is 0 Å². The number of nitrogens with zero attached hydrogens (tertiary/aromatic N) is 2. The van der Waals surface area contributed by atoms with Crippen LogP contribution >= 0.6 is 0 Å². The van der Waals surface area contributed by atoms with Gasteiger partial charge in [0.1, 0.15) is 147 Å². The van der Waals surface area contributed by atoms with E-state index in [1.54, 1.807) is 0 Å². The van der Waals surface area contributed by atoms with Crippen molar-refractivity contribution < 1.29 is 0 Å². The van der Waals surface area contributed by atoms with Crippen LogP contribution in [0.25, 0.3) is 66.0 Å². The molecule has 1 heterocycles. The van der Waals surface area contributed by atoms with Gasteiger partial charge in [-0.25, -0.2) is 4.98 Å². The summed E-state index contributed by atoms with van der Waals surface area (Å²) in [5, 5.41) is 5.17. The summed E-state index contributed by atoms with van der Waals surface area (Å²) in [4.78, 5) is 5.50. The summed E-state index contributed by atoms with van der Waals surface area (Å²) in [6.07, 6.45) is 9.50. The minimum Gasteiger partial charge on any atom is -0.312 e. The van der Waals surface area contributed by atoms with Gasteiger partial charge < -0.3 is 4.57 Å². The van der Waals surface area contributed by atoms with E-state index < -0.39 is 5.54 Å². The molecule has 0 saturated heterocycles. The lowest BCUT2D eigenvalue weighted by molar-refractivity contribution is 0.562. The zero-order chi connectivity index (χ0) is 49.5. The Morgan fingerprint density at radius 1 is 0.382 bits per heavy atom. The second-order valence-electron chi connectivity index (χ2n) is 22.1. The lowest BCUT2D eigenvalue weighted by Gasteiger charge is -2.38. The van der Waals surface area contributed by atoms with Gasteiger partial charge in [-0.05, 0) is 85.3 Å². The van der Waals surface area contributed by atoms with E-state index in [0.717, 1.165) is 16.9 Å². The van der Waals surface area contributed by atoms with Crippen LogP contribution in [0, 0.1) is 0 Å². The monoisotopic (exact) mass is 853 g/mol. The molecule has 9 rings (SSSR count). The molecule has 0 spiro atoms. The lowest BCUT2D eigenvalue weighted by atomic mass is 9.42. The second kappa shape index (κ2) is 16.8. The maximum atomic E-state index is 5.50. The van der Waals surface area contributed by atoms with E-state index in [4.69, 9.17) is 4.98 Å². The molecule has 0 bridgehead atoms. The molecule has 0 radical (unpaired) electrons. The predicted octanol–water partition coefficient (Wildman–Crippen LogP) is -23.1. The normalized spacial score (nSPS) is 13.4. The van der Waals surface area contributed by atoms with Crippen molar-refractivity contribution in [3.63, 3.8) is 0 Å². The number of fused-ring (bicyclic) bond motifs is 3. The van der Waals surface area contributed by atoms with Gasteiger partial charge >= 0.3 is 0 Å². The maximum absolute atomic E-state index is 5.50. The molecule has 8 aromatic rings. The summed E-state index contributed by atoms with van der Waals surface area (Å²) >= 11 is 0. The average molecular weight is 849 g/mol. The SMILES string of the molecule is Bc1c(B)c(B)c(-c2cc(-c3c(B)c(B)c(B)c(B)c3B)cc(-c3c4c(B)c(B)c(B)c(B)c4c(C4(n5c(C(B)(B)B)nc6ccccc65)C=CC=C4)c4c(B)c(B)c(B)c(B)c34)c2)c(B)c1B. The lowest BCUT2D eigenvalue weighted by Crippen LogP contribution is -2.55. The van der Waals surface area contributed by atoms with Crippen molar-refractivity contribution >= 4 is 296 Å². The van der Waals surface area contributed by atoms with Crippen LogP contribution in [0.5, 0.6) is 0 Å². The summed E-state index contributed by atoms with van der Waals surface area (Å²) in [6.45, 7) is 0. The third-order valence-corrected chi connectivity index (χ3v) is 18.0. The largest absolute Gasteiger partial charge is 0.312 e. The fraction of sp³-hybridized carbons (Fsp3) is 0.0444. The van der Waals surface area contributed by atoms with Gasteiger partial charge in [0.25, 0.3) is 0 Å². The Morgan fingerprint density at radius 3 is 1.09 bits per heavy atom. The maximum Gasteiger partial charge on any atom is 0.139 e. The minimum atomic E-state index is -0.672. The molecule has 0 aliphatic heterocycles. The highest BCUT2D eigenvalue weighted by molar-refractivity contribution is 6.73. The van der Waals surface area contributed by atoms with Gasteiger partial charge in [-0.2, -0.15) is 0 Å². The van der Waals surface area contributed by atoms with Crippen LogP contribution in [0.15, 0.2) is 66.8 Å². The second-order valence-corrected chi connectivity index (χ2v) is 22.1.